The van der Waals surface area contributed by atoms with Gasteiger partial charge in [0, 0.05) is 20.1 Å². The van der Waals surface area contributed by atoms with E-state index in [9.17, 15) is 9.90 Å². The first-order valence-electron chi connectivity index (χ1n) is 5.14. The van der Waals surface area contributed by atoms with Gasteiger partial charge in [-0.05, 0) is 0 Å². The van der Waals surface area contributed by atoms with Crippen molar-refractivity contribution < 1.29 is 19.4 Å². The van der Waals surface area contributed by atoms with Crippen LogP contribution < -0.4 is 10.1 Å². The fourth-order valence-electron chi connectivity index (χ4n) is 1.20. The SMILES string of the molecule is COC[C@H](O)COc1cncc(NC(C)=O)c1. The molecule has 0 saturated carbocycles. The largest absolute Gasteiger partial charge is 0.489 e. The summed E-state index contributed by atoms with van der Waals surface area (Å²) in [6.45, 7) is 1.73. The van der Waals surface area contributed by atoms with Crippen LogP contribution >= 0.6 is 0 Å². The zero-order valence-electron chi connectivity index (χ0n) is 9.84. The number of rotatable bonds is 6. The molecule has 1 amide bonds. The maximum Gasteiger partial charge on any atom is 0.221 e. The molecule has 0 spiro atoms. The molecule has 6 heteroatoms. The van der Waals surface area contributed by atoms with Crippen LogP contribution in [-0.2, 0) is 9.53 Å². The van der Waals surface area contributed by atoms with Gasteiger partial charge in [-0.25, -0.2) is 0 Å². The van der Waals surface area contributed by atoms with E-state index in [0.29, 0.717) is 11.4 Å². The van der Waals surface area contributed by atoms with Crippen LogP contribution in [0.5, 0.6) is 5.75 Å². The standard InChI is InChI=1S/C11H16N2O4/c1-8(14)13-9-3-11(5-12-4-9)17-7-10(15)6-16-2/h3-5,10,15H,6-7H2,1-2H3,(H,13,14)/t10-/m0/s1. The van der Waals surface area contributed by atoms with Crippen molar-refractivity contribution in [1.82, 2.24) is 4.98 Å². The van der Waals surface area contributed by atoms with E-state index in [1.165, 1.54) is 26.4 Å². The zero-order valence-corrected chi connectivity index (χ0v) is 9.84. The number of methoxy groups -OCH3 is 1. The van der Waals surface area contributed by atoms with E-state index in [4.69, 9.17) is 9.47 Å². The second-order valence-corrected chi connectivity index (χ2v) is 3.51. The predicted octanol–water partition coefficient (Wildman–Crippen LogP) is 0.426. The van der Waals surface area contributed by atoms with Gasteiger partial charge in [0.1, 0.15) is 18.5 Å². The number of nitrogens with one attached hydrogen (secondary N) is 1. The van der Waals surface area contributed by atoms with Crippen molar-refractivity contribution in [1.29, 1.82) is 0 Å². The maximum atomic E-state index is 10.8. The molecule has 0 aromatic carbocycles. The third kappa shape index (κ3) is 5.28. The topological polar surface area (TPSA) is 80.7 Å². The lowest BCUT2D eigenvalue weighted by Crippen LogP contribution is -2.22. The van der Waals surface area contributed by atoms with Crippen LogP contribution in [0.1, 0.15) is 6.92 Å². The molecule has 17 heavy (non-hydrogen) atoms. The number of ether oxygens (including phenoxy) is 2. The normalized spacial score (nSPS) is 11.9. The molecule has 1 aromatic heterocycles. The molecule has 0 aliphatic rings. The Labute approximate surface area is 99.6 Å². The van der Waals surface area contributed by atoms with Gasteiger partial charge >= 0.3 is 0 Å². The van der Waals surface area contributed by atoms with Gasteiger partial charge in [0.15, 0.2) is 0 Å². The summed E-state index contributed by atoms with van der Waals surface area (Å²) in [6, 6.07) is 1.63. The molecule has 94 valence electrons. The fourth-order valence-corrected chi connectivity index (χ4v) is 1.20. The number of anilines is 1. The number of pyridine rings is 1. The molecule has 1 aromatic rings. The van der Waals surface area contributed by atoms with E-state index < -0.39 is 6.10 Å². The Morgan fingerprint density at radius 2 is 2.29 bits per heavy atom. The van der Waals surface area contributed by atoms with Crippen LogP contribution in [0.4, 0.5) is 5.69 Å². The molecule has 2 N–H and O–H groups in total. The van der Waals surface area contributed by atoms with Gasteiger partial charge < -0.3 is 19.9 Å². The van der Waals surface area contributed by atoms with Gasteiger partial charge in [-0.2, -0.15) is 0 Å². The van der Waals surface area contributed by atoms with Gasteiger partial charge in [0.25, 0.3) is 0 Å². The Morgan fingerprint density at radius 1 is 1.53 bits per heavy atom. The Bertz CT molecular complexity index is 370. The Morgan fingerprint density at radius 3 is 2.94 bits per heavy atom. The summed E-state index contributed by atoms with van der Waals surface area (Å²) < 4.78 is 10.1. The molecule has 6 nitrogen and oxygen atoms in total. The van der Waals surface area contributed by atoms with Gasteiger partial charge in [-0.15, -0.1) is 0 Å². The lowest BCUT2D eigenvalue weighted by Gasteiger charge is -2.11. The van der Waals surface area contributed by atoms with Crippen molar-refractivity contribution in [2.45, 2.75) is 13.0 Å². The second kappa shape index (κ2) is 6.82. The summed E-state index contributed by atoms with van der Waals surface area (Å²) in [5, 5.41) is 12.0. The summed E-state index contributed by atoms with van der Waals surface area (Å²) in [6.07, 6.45) is 2.33. The number of aliphatic hydroxyl groups excluding tert-OH is 1. The van der Waals surface area contributed by atoms with E-state index >= 15 is 0 Å². The first kappa shape index (κ1) is 13.4. The molecule has 1 heterocycles. The summed E-state index contributed by atoms with van der Waals surface area (Å²) in [5.41, 5.74) is 0.552. The third-order valence-corrected chi connectivity index (χ3v) is 1.83. The third-order valence-electron chi connectivity index (χ3n) is 1.83. The summed E-state index contributed by atoms with van der Waals surface area (Å²) >= 11 is 0. The Hall–Kier alpha value is -1.66. The highest BCUT2D eigenvalue weighted by molar-refractivity contribution is 5.88. The van der Waals surface area contributed by atoms with Crippen LogP contribution in [0.3, 0.4) is 0 Å². The second-order valence-electron chi connectivity index (χ2n) is 3.51. The number of hydrogen-bond acceptors (Lipinski definition) is 5. The molecular weight excluding hydrogens is 224 g/mol. The fraction of sp³-hybridized carbons (Fsp3) is 0.455. The molecule has 0 radical (unpaired) electrons. The molecule has 0 unspecified atom stereocenters. The quantitative estimate of drug-likeness (QED) is 0.753. The molecule has 0 bridgehead atoms. The van der Waals surface area contributed by atoms with E-state index in [1.807, 2.05) is 0 Å². The lowest BCUT2D eigenvalue weighted by atomic mass is 10.4. The van der Waals surface area contributed by atoms with Crippen LogP contribution in [0.15, 0.2) is 18.5 Å². The summed E-state index contributed by atoms with van der Waals surface area (Å²) in [7, 11) is 1.50. The minimum absolute atomic E-state index is 0.110. The van der Waals surface area contributed by atoms with Crippen LogP contribution in [0, 0.1) is 0 Å². The highest BCUT2D eigenvalue weighted by Gasteiger charge is 2.05. The maximum absolute atomic E-state index is 10.8. The average Bonchev–Trinajstić information content (AvgIpc) is 2.26. The summed E-state index contributed by atoms with van der Waals surface area (Å²) in [5.74, 6) is 0.301. The first-order valence-corrected chi connectivity index (χ1v) is 5.14. The molecule has 1 atom stereocenters. The van der Waals surface area contributed by atoms with Gasteiger partial charge in [-0.3, -0.25) is 9.78 Å². The minimum atomic E-state index is -0.690. The number of carbonyl (C=O) groups excluding carboxylic acids is 1. The van der Waals surface area contributed by atoms with Crippen molar-refractivity contribution in [3.05, 3.63) is 18.5 Å². The molecular formula is C11H16N2O4. The smallest absolute Gasteiger partial charge is 0.221 e. The van der Waals surface area contributed by atoms with Crippen molar-refractivity contribution in [3.63, 3.8) is 0 Å². The monoisotopic (exact) mass is 240 g/mol. The van der Waals surface area contributed by atoms with Crippen molar-refractivity contribution >= 4 is 11.6 Å². The van der Waals surface area contributed by atoms with Crippen molar-refractivity contribution in [3.8, 4) is 5.75 Å². The van der Waals surface area contributed by atoms with E-state index in [0.717, 1.165) is 0 Å². The molecule has 0 aliphatic carbocycles. The highest BCUT2D eigenvalue weighted by atomic mass is 16.5. The van der Waals surface area contributed by atoms with Crippen molar-refractivity contribution in [2.75, 3.05) is 25.6 Å². The van der Waals surface area contributed by atoms with E-state index in [-0.39, 0.29) is 19.1 Å². The molecule has 0 fully saturated rings. The number of aliphatic hydroxyl groups is 1. The molecule has 1 rings (SSSR count). The molecule has 0 aliphatic heterocycles. The van der Waals surface area contributed by atoms with Gasteiger partial charge in [-0.1, -0.05) is 0 Å². The predicted molar refractivity (Wildman–Crippen MR) is 61.9 cm³/mol. The van der Waals surface area contributed by atoms with Gasteiger partial charge in [0.2, 0.25) is 5.91 Å². The van der Waals surface area contributed by atoms with Gasteiger partial charge in [0.05, 0.1) is 24.7 Å². The lowest BCUT2D eigenvalue weighted by molar-refractivity contribution is -0.114. The number of amides is 1. The number of aromatic nitrogens is 1. The number of hydrogen-bond donors (Lipinski definition) is 2. The Kier molecular flexibility index (Phi) is 5.38. The first-order chi connectivity index (χ1) is 8.11. The minimum Gasteiger partial charge on any atom is -0.489 e. The van der Waals surface area contributed by atoms with Crippen LogP contribution in [-0.4, -0.2) is 42.4 Å². The van der Waals surface area contributed by atoms with E-state index in [1.54, 1.807) is 6.07 Å². The highest BCUT2D eigenvalue weighted by Crippen LogP contribution is 2.15. The van der Waals surface area contributed by atoms with Crippen LogP contribution in [0.2, 0.25) is 0 Å². The van der Waals surface area contributed by atoms with E-state index in [2.05, 4.69) is 10.3 Å². The molecule has 0 saturated heterocycles. The number of carbonyl (C=O) groups is 1. The summed E-state index contributed by atoms with van der Waals surface area (Å²) in [4.78, 5) is 14.7. The van der Waals surface area contributed by atoms with Crippen LogP contribution in [0.25, 0.3) is 0 Å². The average molecular weight is 240 g/mol. The Balaban J connectivity index is 2.50. The number of nitrogens with zero attached hydrogens (tertiary/aromatic N) is 1. The zero-order chi connectivity index (χ0) is 12.7. The van der Waals surface area contributed by atoms with Crippen molar-refractivity contribution in [2.24, 2.45) is 0 Å².